The van der Waals surface area contributed by atoms with Crippen LogP contribution in [0.25, 0.3) is 11.6 Å². The van der Waals surface area contributed by atoms with Gasteiger partial charge in [0.1, 0.15) is 5.82 Å². The molecule has 1 saturated heterocycles. The normalized spacial score (nSPS) is 16.6. The number of benzene rings is 2. The lowest BCUT2D eigenvalue weighted by Crippen LogP contribution is -2.33. The molecule has 0 aliphatic carbocycles. The zero-order valence-corrected chi connectivity index (χ0v) is 23.0. The van der Waals surface area contributed by atoms with E-state index >= 15 is 0 Å². The van der Waals surface area contributed by atoms with Crippen LogP contribution in [0.2, 0.25) is 0 Å². The Kier molecular flexibility index (Phi) is 7.84. The Morgan fingerprint density at radius 3 is 2.52 bits per heavy atom. The second-order valence-electron chi connectivity index (χ2n) is 10.5. The van der Waals surface area contributed by atoms with Gasteiger partial charge in [0, 0.05) is 41.3 Å². The summed E-state index contributed by atoms with van der Waals surface area (Å²) in [5.41, 5.74) is 5.53. The SMILES string of the molecule is Cc1[nH]c(/C=C2\C(=O)Nc3ccc(C(=O)NC(C)c4ccc(F)cc4)cc32)c(C)c1C(=O)NCCN1CCCC1. The number of aromatic nitrogens is 1. The number of aromatic amines is 1. The van der Waals surface area contributed by atoms with Crippen molar-refractivity contribution < 1.29 is 18.8 Å². The molecule has 0 bridgehead atoms. The van der Waals surface area contributed by atoms with Crippen molar-refractivity contribution in [1.82, 2.24) is 20.5 Å². The lowest BCUT2D eigenvalue weighted by molar-refractivity contribution is -0.110. The molecule has 3 heterocycles. The zero-order chi connectivity index (χ0) is 28.4. The Balaban J connectivity index is 1.33. The highest BCUT2D eigenvalue weighted by molar-refractivity contribution is 6.35. The summed E-state index contributed by atoms with van der Waals surface area (Å²) in [6.45, 7) is 9.11. The number of rotatable bonds is 8. The molecule has 208 valence electrons. The number of nitrogens with one attached hydrogen (secondary N) is 4. The summed E-state index contributed by atoms with van der Waals surface area (Å²) in [4.78, 5) is 44.5. The maximum Gasteiger partial charge on any atom is 0.256 e. The largest absolute Gasteiger partial charge is 0.358 e. The fraction of sp³-hybridized carbons (Fsp3) is 0.323. The van der Waals surface area contributed by atoms with E-state index in [0.29, 0.717) is 40.2 Å². The molecule has 5 rings (SSSR count). The highest BCUT2D eigenvalue weighted by atomic mass is 19.1. The summed E-state index contributed by atoms with van der Waals surface area (Å²) in [6.07, 6.45) is 4.15. The summed E-state index contributed by atoms with van der Waals surface area (Å²) in [5.74, 6) is -1.07. The number of H-pyrrole nitrogens is 1. The van der Waals surface area contributed by atoms with Gasteiger partial charge >= 0.3 is 0 Å². The molecule has 1 unspecified atom stereocenters. The molecule has 4 N–H and O–H groups in total. The number of carbonyl (C=O) groups excluding carboxylic acids is 3. The third kappa shape index (κ3) is 5.70. The topological polar surface area (TPSA) is 106 Å². The van der Waals surface area contributed by atoms with Crippen molar-refractivity contribution in [3.05, 3.63) is 87.5 Å². The van der Waals surface area contributed by atoms with Crippen LogP contribution in [0.3, 0.4) is 0 Å². The maximum atomic E-state index is 13.3. The van der Waals surface area contributed by atoms with Gasteiger partial charge in [-0.3, -0.25) is 14.4 Å². The quantitative estimate of drug-likeness (QED) is 0.312. The molecule has 3 aromatic rings. The smallest absolute Gasteiger partial charge is 0.256 e. The van der Waals surface area contributed by atoms with Crippen molar-refractivity contribution in [2.24, 2.45) is 0 Å². The van der Waals surface area contributed by atoms with E-state index in [1.165, 1.54) is 25.0 Å². The number of amides is 3. The lowest BCUT2D eigenvalue weighted by Gasteiger charge is -2.15. The van der Waals surface area contributed by atoms with E-state index in [-0.39, 0.29) is 29.6 Å². The van der Waals surface area contributed by atoms with Gasteiger partial charge in [0.05, 0.1) is 17.2 Å². The van der Waals surface area contributed by atoms with Crippen molar-refractivity contribution >= 4 is 35.1 Å². The number of hydrogen-bond donors (Lipinski definition) is 4. The maximum absolute atomic E-state index is 13.3. The fourth-order valence-corrected chi connectivity index (χ4v) is 5.41. The van der Waals surface area contributed by atoms with Gasteiger partial charge in [0.25, 0.3) is 17.7 Å². The molecule has 8 nitrogen and oxygen atoms in total. The number of fused-ring (bicyclic) bond motifs is 1. The second kappa shape index (κ2) is 11.5. The molecular weight excluding hydrogens is 509 g/mol. The molecule has 0 spiro atoms. The van der Waals surface area contributed by atoms with Gasteiger partial charge in [-0.05, 0) is 94.2 Å². The van der Waals surface area contributed by atoms with Crippen LogP contribution in [0.15, 0.2) is 42.5 Å². The van der Waals surface area contributed by atoms with E-state index < -0.39 is 0 Å². The molecule has 9 heteroatoms. The first-order chi connectivity index (χ1) is 19.2. The van der Waals surface area contributed by atoms with Gasteiger partial charge in [0.2, 0.25) is 0 Å². The van der Waals surface area contributed by atoms with Crippen molar-refractivity contribution in [2.45, 2.75) is 39.7 Å². The van der Waals surface area contributed by atoms with E-state index in [1.807, 2.05) is 20.8 Å². The molecule has 1 atom stereocenters. The van der Waals surface area contributed by atoms with Crippen molar-refractivity contribution in [3.63, 3.8) is 0 Å². The van der Waals surface area contributed by atoms with E-state index in [1.54, 1.807) is 36.4 Å². The first-order valence-electron chi connectivity index (χ1n) is 13.6. The molecule has 1 fully saturated rings. The molecule has 2 aromatic carbocycles. The minimum atomic E-state index is -0.338. The summed E-state index contributed by atoms with van der Waals surface area (Å²) < 4.78 is 13.3. The first-order valence-corrected chi connectivity index (χ1v) is 13.6. The monoisotopic (exact) mass is 543 g/mol. The third-order valence-corrected chi connectivity index (χ3v) is 7.69. The highest BCUT2D eigenvalue weighted by Gasteiger charge is 2.27. The van der Waals surface area contributed by atoms with E-state index in [0.717, 1.165) is 36.5 Å². The van der Waals surface area contributed by atoms with Crippen LogP contribution in [0.1, 0.15) is 74.6 Å². The van der Waals surface area contributed by atoms with Gasteiger partial charge in [0.15, 0.2) is 0 Å². The Bertz CT molecular complexity index is 1490. The standard InChI is InChI=1S/C31H34FN5O3/c1-18-27(34-20(3)28(18)31(40)33-12-15-37-13-4-5-14-37)17-25-24-16-22(8-11-26(24)36-30(25)39)29(38)35-19(2)21-6-9-23(32)10-7-21/h6-11,16-17,19,34H,4-5,12-15H2,1-3H3,(H,33,40)(H,35,38)(H,36,39)/b25-17-. The first kappa shape index (κ1) is 27.3. The molecule has 3 amide bonds. The average molecular weight is 544 g/mol. The molecule has 2 aliphatic heterocycles. The Hall–Kier alpha value is -4.24. The van der Waals surface area contributed by atoms with Crippen LogP contribution in [-0.2, 0) is 4.79 Å². The Labute approximate surface area is 233 Å². The minimum absolute atomic E-state index is 0.138. The number of aryl methyl sites for hydroxylation is 1. The van der Waals surface area contributed by atoms with E-state index in [9.17, 15) is 18.8 Å². The van der Waals surface area contributed by atoms with E-state index in [2.05, 4.69) is 25.8 Å². The summed E-state index contributed by atoms with van der Waals surface area (Å²) in [7, 11) is 0. The highest BCUT2D eigenvalue weighted by Crippen LogP contribution is 2.35. The van der Waals surface area contributed by atoms with Crippen molar-refractivity contribution in [2.75, 3.05) is 31.5 Å². The summed E-state index contributed by atoms with van der Waals surface area (Å²) in [6, 6.07) is 10.7. The average Bonchev–Trinajstić information content (AvgIpc) is 3.62. The number of anilines is 1. The summed E-state index contributed by atoms with van der Waals surface area (Å²) >= 11 is 0. The lowest BCUT2D eigenvalue weighted by atomic mass is 10.0. The Morgan fingerprint density at radius 1 is 1.07 bits per heavy atom. The fourth-order valence-electron chi connectivity index (χ4n) is 5.41. The van der Waals surface area contributed by atoms with Crippen LogP contribution >= 0.6 is 0 Å². The van der Waals surface area contributed by atoms with Gasteiger partial charge in [-0.1, -0.05) is 12.1 Å². The van der Waals surface area contributed by atoms with Crippen LogP contribution in [0.5, 0.6) is 0 Å². The number of carbonyl (C=O) groups is 3. The molecule has 1 aromatic heterocycles. The van der Waals surface area contributed by atoms with E-state index in [4.69, 9.17) is 0 Å². The van der Waals surface area contributed by atoms with Gasteiger partial charge in [-0.2, -0.15) is 0 Å². The molecule has 0 saturated carbocycles. The van der Waals surface area contributed by atoms with Crippen LogP contribution < -0.4 is 16.0 Å². The Morgan fingerprint density at radius 2 is 1.80 bits per heavy atom. The minimum Gasteiger partial charge on any atom is -0.358 e. The van der Waals surface area contributed by atoms with Gasteiger partial charge in [-0.25, -0.2) is 4.39 Å². The van der Waals surface area contributed by atoms with Crippen molar-refractivity contribution in [3.8, 4) is 0 Å². The van der Waals surface area contributed by atoms with Crippen molar-refractivity contribution in [1.29, 1.82) is 0 Å². The third-order valence-electron chi connectivity index (χ3n) is 7.69. The molecule has 0 radical (unpaired) electrons. The number of halogens is 1. The van der Waals surface area contributed by atoms with Crippen LogP contribution in [-0.4, -0.2) is 53.8 Å². The second-order valence-corrected chi connectivity index (χ2v) is 10.5. The number of nitrogens with zero attached hydrogens (tertiary/aromatic N) is 1. The van der Waals surface area contributed by atoms with Crippen LogP contribution in [0.4, 0.5) is 10.1 Å². The zero-order valence-electron chi connectivity index (χ0n) is 23.0. The predicted molar refractivity (Wildman–Crippen MR) is 153 cm³/mol. The van der Waals surface area contributed by atoms with Gasteiger partial charge in [-0.15, -0.1) is 0 Å². The number of likely N-dealkylation sites (tertiary alicyclic amines) is 1. The number of hydrogen-bond acceptors (Lipinski definition) is 4. The van der Waals surface area contributed by atoms with Gasteiger partial charge < -0.3 is 25.8 Å². The molecule has 40 heavy (non-hydrogen) atoms. The molecule has 2 aliphatic rings. The predicted octanol–water partition coefficient (Wildman–Crippen LogP) is 4.58. The molecular formula is C31H34FN5O3. The van der Waals surface area contributed by atoms with Crippen LogP contribution in [0, 0.1) is 19.7 Å². The summed E-state index contributed by atoms with van der Waals surface area (Å²) in [5, 5.41) is 8.80.